The average molecular weight is 152 g/mol. The molecule has 1 saturated carbocycles. The zero-order valence-corrected chi connectivity index (χ0v) is 5.43. The van der Waals surface area contributed by atoms with Crippen LogP contribution in [-0.4, -0.2) is 28.8 Å². The van der Waals surface area contributed by atoms with Gasteiger partial charge in [0.15, 0.2) is 6.17 Å². The highest BCUT2D eigenvalue weighted by molar-refractivity contribution is 4.90. The Morgan fingerprint density at radius 1 is 1.50 bits per heavy atom. The smallest absolute Gasteiger partial charge is 0.243 e. The van der Waals surface area contributed by atoms with Crippen molar-refractivity contribution in [2.45, 2.75) is 24.9 Å². The van der Waals surface area contributed by atoms with Gasteiger partial charge in [-0.2, -0.15) is 0 Å². The molecule has 4 heteroatoms. The van der Waals surface area contributed by atoms with Gasteiger partial charge < -0.3 is 10.2 Å². The Morgan fingerprint density at radius 3 is 2.30 bits per heavy atom. The summed E-state index contributed by atoms with van der Waals surface area (Å²) < 4.78 is 25.1. The first-order valence-corrected chi connectivity index (χ1v) is 3.25. The minimum atomic E-state index is -2.80. The molecular weight excluding hydrogens is 142 g/mol. The SMILES string of the molecule is OCC1CCC(F)C1(O)F. The van der Waals surface area contributed by atoms with Crippen LogP contribution in [0.2, 0.25) is 0 Å². The van der Waals surface area contributed by atoms with Gasteiger partial charge in [-0.25, -0.2) is 8.78 Å². The van der Waals surface area contributed by atoms with Crippen LogP contribution < -0.4 is 0 Å². The molecule has 0 spiro atoms. The van der Waals surface area contributed by atoms with Crippen LogP contribution in [0.15, 0.2) is 0 Å². The van der Waals surface area contributed by atoms with Crippen molar-refractivity contribution in [1.82, 2.24) is 0 Å². The Kier molecular flexibility index (Phi) is 1.92. The first-order valence-electron chi connectivity index (χ1n) is 3.25. The lowest BCUT2D eigenvalue weighted by atomic mass is 10.1. The van der Waals surface area contributed by atoms with Crippen molar-refractivity contribution in [3.63, 3.8) is 0 Å². The van der Waals surface area contributed by atoms with Gasteiger partial charge in [-0.3, -0.25) is 0 Å². The van der Waals surface area contributed by atoms with E-state index in [4.69, 9.17) is 10.2 Å². The largest absolute Gasteiger partial charge is 0.396 e. The first kappa shape index (κ1) is 7.88. The predicted molar refractivity (Wildman–Crippen MR) is 30.8 cm³/mol. The Balaban J connectivity index is 2.64. The number of aliphatic hydroxyl groups is 2. The second-order valence-electron chi connectivity index (χ2n) is 2.65. The summed E-state index contributed by atoms with van der Waals surface area (Å²) >= 11 is 0. The lowest BCUT2D eigenvalue weighted by Gasteiger charge is -2.20. The van der Waals surface area contributed by atoms with E-state index in [9.17, 15) is 8.78 Å². The molecule has 0 aromatic carbocycles. The van der Waals surface area contributed by atoms with Gasteiger partial charge in [0.2, 0.25) is 5.85 Å². The van der Waals surface area contributed by atoms with E-state index < -0.39 is 24.6 Å². The molecule has 0 aromatic rings. The summed E-state index contributed by atoms with van der Waals surface area (Å²) in [6.45, 7) is -0.493. The molecule has 3 unspecified atom stereocenters. The Morgan fingerprint density at radius 2 is 2.10 bits per heavy atom. The number of aliphatic hydroxyl groups excluding tert-OH is 1. The molecule has 1 fully saturated rings. The van der Waals surface area contributed by atoms with Gasteiger partial charge in [0.05, 0.1) is 6.61 Å². The van der Waals surface area contributed by atoms with Crippen molar-refractivity contribution < 1.29 is 19.0 Å². The van der Waals surface area contributed by atoms with E-state index >= 15 is 0 Å². The van der Waals surface area contributed by atoms with Gasteiger partial charge in [0, 0.05) is 5.92 Å². The monoisotopic (exact) mass is 152 g/mol. The van der Waals surface area contributed by atoms with Crippen molar-refractivity contribution in [2.24, 2.45) is 5.92 Å². The molecule has 60 valence electrons. The standard InChI is InChI=1S/C6H10F2O2/c7-5-2-1-4(3-9)6(5,8)10/h4-5,9-10H,1-3H2. The highest BCUT2D eigenvalue weighted by atomic mass is 19.2. The van der Waals surface area contributed by atoms with Crippen LogP contribution in [0.1, 0.15) is 12.8 Å². The summed E-state index contributed by atoms with van der Waals surface area (Å²) in [6, 6.07) is 0. The van der Waals surface area contributed by atoms with Gasteiger partial charge in [0.25, 0.3) is 0 Å². The molecule has 0 bridgehead atoms. The van der Waals surface area contributed by atoms with Crippen LogP contribution in [0.5, 0.6) is 0 Å². The van der Waals surface area contributed by atoms with Crippen LogP contribution in [0.3, 0.4) is 0 Å². The third-order valence-corrected chi connectivity index (χ3v) is 2.00. The zero-order chi connectivity index (χ0) is 7.78. The fraction of sp³-hybridized carbons (Fsp3) is 1.00. The van der Waals surface area contributed by atoms with Crippen LogP contribution in [-0.2, 0) is 0 Å². The number of alkyl halides is 2. The molecule has 2 nitrogen and oxygen atoms in total. The molecule has 1 aliphatic rings. The lowest BCUT2D eigenvalue weighted by molar-refractivity contribution is -0.164. The molecule has 0 amide bonds. The van der Waals surface area contributed by atoms with Crippen molar-refractivity contribution >= 4 is 0 Å². The second-order valence-corrected chi connectivity index (χ2v) is 2.65. The number of rotatable bonds is 1. The molecule has 0 radical (unpaired) electrons. The fourth-order valence-corrected chi connectivity index (χ4v) is 1.23. The summed E-state index contributed by atoms with van der Waals surface area (Å²) in [5.74, 6) is -3.74. The van der Waals surface area contributed by atoms with E-state index in [-0.39, 0.29) is 12.8 Å². The molecule has 3 atom stereocenters. The molecule has 0 aliphatic heterocycles. The van der Waals surface area contributed by atoms with E-state index in [1.807, 2.05) is 0 Å². The zero-order valence-electron chi connectivity index (χ0n) is 5.43. The number of hydrogen-bond acceptors (Lipinski definition) is 2. The molecule has 0 saturated heterocycles. The van der Waals surface area contributed by atoms with Gasteiger partial charge in [-0.05, 0) is 12.8 Å². The minimum absolute atomic E-state index is 0.00176. The third-order valence-electron chi connectivity index (χ3n) is 2.00. The normalized spacial score (nSPS) is 48.0. The average Bonchev–Trinajstić information content (AvgIpc) is 2.10. The van der Waals surface area contributed by atoms with Gasteiger partial charge in [-0.1, -0.05) is 0 Å². The van der Waals surface area contributed by atoms with E-state index in [2.05, 4.69) is 0 Å². The molecule has 0 aromatic heterocycles. The molecule has 1 aliphatic carbocycles. The Bertz CT molecular complexity index is 127. The van der Waals surface area contributed by atoms with Crippen molar-refractivity contribution in [1.29, 1.82) is 0 Å². The van der Waals surface area contributed by atoms with Crippen LogP contribution in [0.25, 0.3) is 0 Å². The van der Waals surface area contributed by atoms with Crippen LogP contribution >= 0.6 is 0 Å². The van der Waals surface area contributed by atoms with E-state index in [0.29, 0.717) is 0 Å². The maximum absolute atomic E-state index is 12.7. The maximum Gasteiger partial charge on any atom is 0.243 e. The Hall–Kier alpha value is -0.220. The third kappa shape index (κ3) is 1.01. The molecule has 0 heterocycles. The predicted octanol–water partition coefficient (Wildman–Crippen LogP) is 0.385. The summed E-state index contributed by atoms with van der Waals surface area (Å²) in [6.07, 6.45) is -1.62. The maximum atomic E-state index is 12.7. The first-order chi connectivity index (χ1) is 4.59. The summed E-state index contributed by atoms with van der Waals surface area (Å²) in [7, 11) is 0. The summed E-state index contributed by atoms with van der Waals surface area (Å²) in [5.41, 5.74) is 0. The van der Waals surface area contributed by atoms with Gasteiger partial charge in [0.1, 0.15) is 0 Å². The molecule has 2 N–H and O–H groups in total. The van der Waals surface area contributed by atoms with Gasteiger partial charge >= 0.3 is 0 Å². The van der Waals surface area contributed by atoms with Crippen molar-refractivity contribution in [3.05, 3.63) is 0 Å². The van der Waals surface area contributed by atoms with E-state index in [1.54, 1.807) is 0 Å². The van der Waals surface area contributed by atoms with Crippen molar-refractivity contribution in [3.8, 4) is 0 Å². The number of hydrogen-bond donors (Lipinski definition) is 2. The fourth-order valence-electron chi connectivity index (χ4n) is 1.23. The summed E-state index contributed by atoms with van der Waals surface area (Å²) in [4.78, 5) is 0. The minimum Gasteiger partial charge on any atom is -0.396 e. The quantitative estimate of drug-likeness (QED) is 0.570. The van der Waals surface area contributed by atoms with Crippen molar-refractivity contribution in [2.75, 3.05) is 6.61 Å². The van der Waals surface area contributed by atoms with E-state index in [0.717, 1.165) is 0 Å². The Labute approximate surface area is 57.5 Å². The molecule has 10 heavy (non-hydrogen) atoms. The van der Waals surface area contributed by atoms with Gasteiger partial charge in [-0.15, -0.1) is 0 Å². The second kappa shape index (κ2) is 2.43. The molecular formula is C6H10F2O2. The molecule has 1 rings (SSSR count). The van der Waals surface area contributed by atoms with Crippen LogP contribution in [0, 0.1) is 5.92 Å². The van der Waals surface area contributed by atoms with Crippen LogP contribution in [0.4, 0.5) is 8.78 Å². The summed E-state index contributed by atoms with van der Waals surface area (Å²) in [5, 5.41) is 17.2. The highest BCUT2D eigenvalue weighted by Gasteiger charge is 2.50. The van der Waals surface area contributed by atoms with E-state index in [1.165, 1.54) is 0 Å². The lowest BCUT2D eigenvalue weighted by Crippen LogP contribution is -2.37. The topological polar surface area (TPSA) is 40.5 Å². The highest BCUT2D eigenvalue weighted by Crippen LogP contribution is 2.38. The number of halogens is 2.